The van der Waals surface area contributed by atoms with E-state index in [0.29, 0.717) is 6.42 Å². The van der Waals surface area contributed by atoms with Gasteiger partial charge in [-0.05, 0) is 55.3 Å². The molecule has 1 heterocycles. The van der Waals surface area contributed by atoms with E-state index in [-0.39, 0.29) is 5.91 Å². The maximum atomic E-state index is 12.2. The molecule has 0 atom stereocenters. The Bertz CT molecular complexity index is 766. The van der Waals surface area contributed by atoms with Crippen molar-refractivity contribution in [3.05, 3.63) is 53.6 Å². The molecule has 1 aliphatic rings. The van der Waals surface area contributed by atoms with Crippen LogP contribution in [0.3, 0.4) is 0 Å². The van der Waals surface area contributed by atoms with Crippen LogP contribution in [0.4, 0.5) is 11.4 Å². The number of amides is 1. The van der Waals surface area contributed by atoms with Gasteiger partial charge in [0, 0.05) is 50.5 Å². The Kier molecular flexibility index (Phi) is 6.35. The molecule has 27 heavy (non-hydrogen) atoms. The zero-order valence-corrected chi connectivity index (χ0v) is 16.5. The van der Waals surface area contributed by atoms with Crippen molar-refractivity contribution in [2.75, 3.05) is 50.1 Å². The molecule has 0 spiro atoms. The molecule has 0 bridgehead atoms. The highest BCUT2D eigenvalue weighted by atomic mass is 16.5. The van der Waals surface area contributed by atoms with E-state index in [1.165, 1.54) is 16.8 Å². The summed E-state index contributed by atoms with van der Waals surface area (Å²) < 4.78 is 5.13. The van der Waals surface area contributed by atoms with Crippen LogP contribution in [0.25, 0.3) is 0 Å². The van der Waals surface area contributed by atoms with E-state index >= 15 is 0 Å². The lowest BCUT2D eigenvalue weighted by Gasteiger charge is -2.37. The highest BCUT2D eigenvalue weighted by Crippen LogP contribution is 2.24. The van der Waals surface area contributed by atoms with Crippen molar-refractivity contribution < 1.29 is 9.53 Å². The van der Waals surface area contributed by atoms with Gasteiger partial charge >= 0.3 is 0 Å². The summed E-state index contributed by atoms with van der Waals surface area (Å²) in [4.78, 5) is 17.0. The third kappa shape index (κ3) is 5.01. The monoisotopic (exact) mass is 367 g/mol. The van der Waals surface area contributed by atoms with Crippen molar-refractivity contribution in [2.45, 2.75) is 20.3 Å². The normalized spacial score (nSPS) is 14.9. The average molecular weight is 367 g/mol. The smallest absolute Gasteiger partial charge is 0.225 e. The Morgan fingerprint density at radius 1 is 1.04 bits per heavy atom. The number of carbonyl (C=O) groups is 1. The van der Waals surface area contributed by atoms with Crippen molar-refractivity contribution in [2.24, 2.45) is 0 Å². The van der Waals surface area contributed by atoms with Gasteiger partial charge in [-0.2, -0.15) is 0 Å². The molecule has 0 aromatic heterocycles. The highest BCUT2D eigenvalue weighted by Gasteiger charge is 2.19. The largest absolute Gasteiger partial charge is 0.497 e. The first kappa shape index (κ1) is 19.2. The molecule has 1 fully saturated rings. The molecular formula is C22H29N3O2. The number of anilines is 2. The van der Waals surface area contributed by atoms with Crippen LogP contribution in [0.2, 0.25) is 0 Å². The second kappa shape index (κ2) is 8.91. The summed E-state index contributed by atoms with van der Waals surface area (Å²) in [5.74, 6) is 0.840. The predicted molar refractivity (Wildman–Crippen MR) is 111 cm³/mol. The van der Waals surface area contributed by atoms with Crippen molar-refractivity contribution in [1.29, 1.82) is 0 Å². The Morgan fingerprint density at radius 3 is 2.41 bits per heavy atom. The van der Waals surface area contributed by atoms with Crippen LogP contribution in [0.5, 0.6) is 5.75 Å². The fourth-order valence-corrected chi connectivity index (χ4v) is 3.45. The molecule has 1 amide bonds. The van der Waals surface area contributed by atoms with Crippen molar-refractivity contribution >= 4 is 17.3 Å². The number of methoxy groups -OCH3 is 1. The Morgan fingerprint density at radius 2 is 1.74 bits per heavy atom. The third-order valence-electron chi connectivity index (χ3n) is 5.32. The standard InChI is InChI=1S/C22H29N3O2/c1-17-5-4-6-21(18(17)2)25-15-13-24(14-16-25)12-11-22(26)23-19-7-9-20(27-3)10-8-19/h4-10H,11-16H2,1-3H3,(H,23,26). The number of rotatable bonds is 6. The zero-order valence-electron chi connectivity index (χ0n) is 16.5. The summed E-state index contributed by atoms with van der Waals surface area (Å²) >= 11 is 0. The van der Waals surface area contributed by atoms with Crippen molar-refractivity contribution in [1.82, 2.24) is 4.90 Å². The lowest BCUT2D eigenvalue weighted by molar-refractivity contribution is -0.116. The summed E-state index contributed by atoms with van der Waals surface area (Å²) in [5.41, 5.74) is 4.85. The summed E-state index contributed by atoms with van der Waals surface area (Å²) in [6.45, 7) is 9.14. The fourth-order valence-electron chi connectivity index (χ4n) is 3.45. The van der Waals surface area contributed by atoms with Gasteiger partial charge in [0.25, 0.3) is 0 Å². The minimum atomic E-state index is 0.0529. The quantitative estimate of drug-likeness (QED) is 0.849. The second-order valence-electron chi connectivity index (χ2n) is 7.07. The molecule has 2 aromatic rings. The molecule has 1 N–H and O–H groups in total. The van der Waals surface area contributed by atoms with Gasteiger partial charge in [0.1, 0.15) is 5.75 Å². The van der Waals surface area contributed by atoms with Crippen LogP contribution < -0.4 is 15.0 Å². The number of hydrogen-bond acceptors (Lipinski definition) is 4. The van der Waals surface area contributed by atoms with E-state index in [0.717, 1.165) is 44.2 Å². The van der Waals surface area contributed by atoms with E-state index in [2.05, 4.69) is 47.2 Å². The topological polar surface area (TPSA) is 44.8 Å². The number of benzene rings is 2. The molecule has 5 heteroatoms. The first-order valence-corrected chi connectivity index (χ1v) is 9.54. The van der Waals surface area contributed by atoms with E-state index in [4.69, 9.17) is 4.74 Å². The molecule has 0 unspecified atom stereocenters. The number of nitrogens with one attached hydrogen (secondary N) is 1. The van der Waals surface area contributed by atoms with E-state index < -0.39 is 0 Å². The first-order chi connectivity index (χ1) is 13.1. The summed E-state index contributed by atoms with van der Waals surface area (Å²) in [7, 11) is 1.63. The van der Waals surface area contributed by atoms with Crippen LogP contribution >= 0.6 is 0 Å². The molecule has 144 valence electrons. The fraction of sp³-hybridized carbons (Fsp3) is 0.409. The third-order valence-corrected chi connectivity index (χ3v) is 5.32. The van der Waals surface area contributed by atoms with Gasteiger partial charge in [-0.25, -0.2) is 0 Å². The Labute approximate surface area is 161 Å². The van der Waals surface area contributed by atoms with Crippen molar-refractivity contribution in [3.8, 4) is 5.75 Å². The van der Waals surface area contributed by atoms with Gasteiger partial charge in [0.2, 0.25) is 5.91 Å². The van der Waals surface area contributed by atoms with Crippen molar-refractivity contribution in [3.63, 3.8) is 0 Å². The maximum absolute atomic E-state index is 12.2. The maximum Gasteiger partial charge on any atom is 0.225 e. The van der Waals surface area contributed by atoms with Crippen LogP contribution in [-0.4, -0.2) is 50.6 Å². The summed E-state index contributed by atoms with van der Waals surface area (Å²) in [5, 5.41) is 2.95. The Hall–Kier alpha value is -2.53. The lowest BCUT2D eigenvalue weighted by Crippen LogP contribution is -2.47. The predicted octanol–water partition coefficient (Wildman–Crippen LogP) is 3.46. The first-order valence-electron chi connectivity index (χ1n) is 9.54. The molecule has 2 aromatic carbocycles. The molecule has 0 saturated carbocycles. The van der Waals surface area contributed by atoms with Crippen LogP contribution in [0.15, 0.2) is 42.5 Å². The Balaban J connectivity index is 1.43. The number of piperazine rings is 1. The van der Waals surface area contributed by atoms with Crippen LogP contribution in [0, 0.1) is 13.8 Å². The second-order valence-corrected chi connectivity index (χ2v) is 7.07. The van der Waals surface area contributed by atoms with E-state index in [9.17, 15) is 4.79 Å². The molecule has 3 rings (SSSR count). The van der Waals surface area contributed by atoms with Crippen LogP contribution in [-0.2, 0) is 4.79 Å². The molecule has 0 aliphatic carbocycles. The lowest BCUT2D eigenvalue weighted by atomic mass is 10.1. The van der Waals surface area contributed by atoms with E-state index in [1.54, 1.807) is 7.11 Å². The number of aryl methyl sites for hydroxylation is 1. The SMILES string of the molecule is COc1ccc(NC(=O)CCN2CCN(c3cccc(C)c3C)CC2)cc1. The summed E-state index contributed by atoms with van der Waals surface area (Å²) in [6.07, 6.45) is 0.509. The number of nitrogens with zero attached hydrogens (tertiary/aromatic N) is 2. The zero-order chi connectivity index (χ0) is 19.2. The summed E-state index contributed by atoms with van der Waals surface area (Å²) in [6, 6.07) is 13.9. The van der Waals surface area contributed by atoms with Gasteiger partial charge in [-0.1, -0.05) is 12.1 Å². The van der Waals surface area contributed by atoms with Gasteiger partial charge in [-0.15, -0.1) is 0 Å². The van der Waals surface area contributed by atoms with Gasteiger partial charge in [0.05, 0.1) is 7.11 Å². The molecule has 1 aliphatic heterocycles. The molecule has 0 radical (unpaired) electrons. The number of ether oxygens (including phenoxy) is 1. The van der Waals surface area contributed by atoms with Gasteiger partial charge in [-0.3, -0.25) is 9.69 Å². The highest BCUT2D eigenvalue weighted by molar-refractivity contribution is 5.90. The minimum Gasteiger partial charge on any atom is -0.497 e. The van der Waals surface area contributed by atoms with Gasteiger partial charge < -0.3 is 15.0 Å². The minimum absolute atomic E-state index is 0.0529. The van der Waals surface area contributed by atoms with Crippen LogP contribution in [0.1, 0.15) is 17.5 Å². The number of carbonyl (C=O) groups excluding carboxylic acids is 1. The van der Waals surface area contributed by atoms with Gasteiger partial charge in [0.15, 0.2) is 0 Å². The molecular weight excluding hydrogens is 338 g/mol. The average Bonchev–Trinajstić information content (AvgIpc) is 2.69. The molecule has 5 nitrogen and oxygen atoms in total. The van der Waals surface area contributed by atoms with E-state index in [1.807, 2.05) is 24.3 Å². The number of hydrogen-bond donors (Lipinski definition) is 1. The molecule has 1 saturated heterocycles.